The molecule has 0 amide bonds. The summed E-state index contributed by atoms with van der Waals surface area (Å²) in [6.07, 6.45) is 0. The lowest BCUT2D eigenvalue weighted by Crippen LogP contribution is -2.28. The van der Waals surface area contributed by atoms with Crippen LogP contribution in [0.25, 0.3) is 0 Å². The van der Waals surface area contributed by atoms with Gasteiger partial charge in [0.2, 0.25) is 0 Å². The van der Waals surface area contributed by atoms with Crippen molar-refractivity contribution < 1.29 is 0 Å². The van der Waals surface area contributed by atoms with Crippen LogP contribution in [0.1, 0.15) is 54.2 Å². The highest BCUT2D eigenvalue weighted by molar-refractivity contribution is 6.02. The minimum atomic E-state index is -0.0759. The van der Waals surface area contributed by atoms with Crippen molar-refractivity contribution in [1.82, 2.24) is 0 Å². The van der Waals surface area contributed by atoms with E-state index in [1.54, 1.807) is 0 Å². The van der Waals surface area contributed by atoms with Gasteiger partial charge in [0.1, 0.15) is 5.84 Å². The van der Waals surface area contributed by atoms with Crippen molar-refractivity contribution in [2.75, 3.05) is 5.32 Å². The SMILES string of the molecule is Cc1cc(C)c(N=C(Nc2c(C)cc(C)cc2C)C(C)(C)C)c(C)c1. The van der Waals surface area contributed by atoms with Crippen LogP contribution in [0.5, 0.6) is 0 Å². The maximum absolute atomic E-state index is 5.08. The molecule has 0 saturated heterocycles. The van der Waals surface area contributed by atoms with Crippen molar-refractivity contribution in [2.45, 2.75) is 62.3 Å². The van der Waals surface area contributed by atoms with Crippen molar-refractivity contribution in [3.05, 3.63) is 57.6 Å². The molecule has 0 radical (unpaired) electrons. The van der Waals surface area contributed by atoms with E-state index in [4.69, 9.17) is 4.99 Å². The van der Waals surface area contributed by atoms with Crippen LogP contribution >= 0.6 is 0 Å². The molecule has 0 fully saturated rings. The zero-order valence-corrected chi connectivity index (χ0v) is 17.3. The molecule has 2 rings (SSSR count). The lowest BCUT2D eigenvalue weighted by molar-refractivity contribution is 0.589. The fraction of sp³-hybridized carbons (Fsp3) is 0.435. The first-order valence-electron chi connectivity index (χ1n) is 9.01. The lowest BCUT2D eigenvalue weighted by Gasteiger charge is -2.25. The Morgan fingerprint density at radius 3 is 1.52 bits per heavy atom. The number of aliphatic imine (C=N–C) groups is 1. The molecule has 0 aliphatic heterocycles. The smallest absolute Gasteiger partial charge is 0.112 e. The number of hydrogen-bond acceptors (Lipinski definition) is 1. The van der Waals surface area contributed by atoms with E-state index in [-0.39, 0.29) is 5.41 Å². The number of nitrogens with zero attached hydrogens (tertiary/aromatic N) is 1. The number of amidine groups is 1. The van der Waals surface area contributed by atoms with E-state index in [0.717, 1.165) is 11.5 Å². The van der Waals surface area contributed by atoms with E-state index in [1.807, 2.05) is 0 Å². The van der Waals surface area contributed by atoms with Crippen molar-refractivity contribution in [1.29, 1.82) is 0 Å². The Morgan fingerprint density at radius 2 is 1.12 bits per heavy atom. The summed E-state index contributed by atoms with van der Waals surface area (Å²) in [5, 5.41) is 3.65. The van der Waals surface area contributed by atoms with Crippen molar-refractivity contribution >= 4 is 17.2 Å². The van der Waals surface area contributed by atoms with E-state index in [9.17, 15) is 0 Å². The van der Waals surface area contributed by atoms with E-state index >= 15 is 0 Å². The fourth-order valence-corrected chi connectivity index (χ4v) is 3.34. The van der Waals surface area contributed by atoms with Crippen LogP contribution in [0.4, 0.5) is 11.4 Å². The molecule has 2 aromatic rings. The second-order valence-corrected chi connectivity index (χ2v) is 8.36. The standard InChI is InChI=1S/C23H32N2/c1-14-10-16(3)20(17(4)11-14)24-22(23(7,8)9)25-21-18(5)12-15(2)13-19(21)6/h10-13H,1-9H3,(H,24,25). The van der Waals surface area contributed by atoms with Crippen LogP contribution in [-0.2, 0) is 0 Å². The van der Waals surface area contributed by atoms with E-state index in [1.165, 1.54) is 39.1 Å². The topological polar surface area (TPSA) is 24.4 Å². The molecular formula is C23H32N2. The highest BCUT2D eigenvalue weighted by Gasteiger charge is 2.21. The minimum absolute atomic E-state index is 0.0759. The van der Waals surface area contributed by atoms with Crippen molar-refractivity contribution in [2.24, 2.45) is 10.4 Å². The maximum Gasteiger partial charge on any atom is 0.112 e. The molecule has 2 aromatic carbocycles. The number of aryl methyl sites for hydroxylation is 6. The van der Waals surface area contributed by atoms with Gasteiger partial charge in [-0.2, -0.15) is 0 Å². The third-order valence-corrected chi connectivity index (χ3v) is 4.49. The molecular weight excluding hydrogens is 304 g/mol. The Hall–Kier alpha value is -2.09. The third kappa shape index (κ3) is 4.50. The molecule has 0 saturated carbocycles. The van der Waals surface area contributed by atoms with Gasteiger partial charge in [-0.15, -0.1) is 0 Å². The van der Waals surface area contributed by atoms with Gasteiger partial charge in [0, 0.05) is 11.1 Å². The van der Waals surface area contributed by atoms with Crippen LogP contribution in [0.15, 0.2) is 29.3 Å². The lowest BCUT2D eigenvalue weighted by atomic mass is 9.93. The molecule has 0 unspecified atom stereocenters. The van der Waals surface area contributed by atoms with Gasteiger partial charge in [-0.3, -0.25) is 0 Å². The molecule has 0 aliphatic carbocycles. The highest BCUT2D eigenvalue weighted by Crippen LogP contribution is 2.30. The molecule has 25 heavy (non-hydrogen) atoms. The largest absolute Gasteiger partial charge is 0.343 e. The maximum atomic E-state index is 5.08. The van der Waals surface area contributed by atoms with Crippen molar-refractivity contribution in [3.8, 4) is 0 Å². The highest BCUT2D eigenvalue weighted by atomic mass is 15.0. The molecule has 1 N–H and O–H groups in total. The predicted molar refractivity (Wildman–Crippen MR) is 111 cm³/mol. The van der Waals surface area contributed by atoms with Crippen LogP contribution in [-0.4, -0.2) is 5.84 Å². The second kappa shape index (κ2) is 7.03. The van der Waals surface area contributed by atoms with Gasteiger partial charge in [0.05, 0.1) is 5.69 Å². The number of nitrogens with one attached hydrogen (secondary N) is 1. The summed E-state index contributed by atoms with van der Waals surface area (Å²) in [6.45, 7) is 19.5. The Labute approximate surface area is 153 Å². The summed E-state index contributed by atoms with van der Waals surface area (Å²) in [7, 11) is 0. The fourth-order valence-electron chi connectivity index (χ4n) is 3.34. The van der Waals surface area contributed by atoms with E-state index in [0.29, 0.717) is 0 Å². The van der Waals surface area contributed by atoms with Gasteiger partial charge in [-0.25, -0.2) is 4.99 Å². The first-order chi connectivity index (χ1) is 11.5. The van der Waals surface area contributed by atoms with Crippen LogP contribution in [0, 0.1) is 47.0 Å². The average Bonchev–Trinajstić information content (AvgIpc) is 2.42. The zero-order valence-electron chi connectivity index (χ0n) is 17.3. The molecule has 2 nitrogen and oxygen atoms in total. The average molecular weight is 337 g/mol. The van der Waals surface area contributed by atoms with Gasteiger partial charge in [-0.1, -0.05) is 56.2 Å². The van der Waals surface area contributed by atoms with Gasteiger partial charge in [0.25, 0.3) is 0 Å². The first kappa shape index (κ1) is 19.2. The van der Waals surface area contributed by atoms with Crippen LogP contribution in [0.2, 0.25) is 0 Å². The third-order valence-electron chi connectivity index (χ3n) is 4.49. The van der Waals surface area contributed by atoms with Crippen molar-refractivity contribution in [3.63, 3.8) is 0 Å². The minimum Gasteiger partial charge on any atom is -0.343 e. The van der Waals surface area contributed by atoms with Gasteiger partial charge in [-0.05, 0) is 63.8 Å². The Bertz CT molecular complexity index is 774. The monoisotopic (exact) mass is 336 g/mol. The summed E-state index contributed by atoms with van der Waals surface area (Å²) < 4.78 is 0. The molecule has 0 heterocycles. The predicted octanol–water partition coefficient (Wildman–Crippen LogP) is 6.73. The molecule has 0 bridgehead atoms. The quantitative estimate of drug-likeness (QED) is 0.477. The Balaban J connectivity index is 2.56. The van der Waals surface area contributed by atoms with Gasteiger partial charge >= 0.3 is 0 Å². The Kier molecular flexibility index (Phi) is 5.41. The number of rotatable bonds is 2. The number of hydrogen-bond donors (Lipinski definition) is 1. The number of anilines is 1. The summed E-state index contributed by atoms with van der Waals surface area (Å²) in [5.41, 5.74) is 9.69. The zero-order chi connectivity index (χ0) is 18.9. The first-order valence-corrected chi connectivity index (χ1v) is 9.01. The molecule has 0 atom stereocenters. The molecule has 0 aliphatic rings. The normalized spacial score (nSPS) is 12.4. The molecule has 0 aromatic heterocycles. The summed E-state index contributed by atoms with van der Waals surface area (Å²) in [6, 6.07) is 8.85. The summed E-state index contributed by atoms with van der Waals surface area (Å²) in [4.78, 5) is 5.08. The molecule has 2 heteroatoms. The van der Waals surface area contributed by atoms with E-state index < -0.39 is 0 Å². The summed E-state index contributed by atoms with van der Waals surface area (Å²) >= 11 is 0. The van der Waals surface area contributed by atoms with Crippen LogP contribution < -0.4 is 5.32 Å². The second-order valence-electron chi connectivity index (χ2n) is 8.36. The molecule has 134 valence electrons. The number of benzene rings is 2. The summed E-state index contributed by atoms with van der Waals surface area (Å²) in [5.74, 6) is 0.998. The van der Waals surface area contributed by atoms with E-state index in [2.05, 4.69) is 91.9 Å². The van der Waals surface area contributed by atoms with Crippen LogP contribution in [0.3, 0.4) is 0 Å². The van der Waals surface area contributed by atoms with Gasteiger partial charge in [0.15, 0.2) is 0 Å². The Morgan fingerprint density at radius 1 is 0.720 bits per heavy atom. The molecule has 0 spiro atoms. The van der Waals surface area contributed by atoms with Gasteiger partial charge < -0.3 is 5.32 Å².